The van der Waals surface area contributed by atoms with E-state index in [-0.39, 0.29) is 36.9 Å². The van der Waals surface area contributed by atoms with Crippen LogP contribution in [0.5, 0.6) is 0 Å². The molecule has 2 aliphatic rings. The first-order valence-electron chi connectivity index (χ1n) is 8.51. The number of rotatable bonds is 4. The van der Waals surface area contributed by atoms with Crippen molar-refractivity contribution in [3.8, 4) is 0 Å². The summed E-state index contributed by atoms with van der Waals surface area (Å²) < 4.78 is 0. The minimum absolute atomic E-state index is 0.0845. The fraction of sp³-hybridized carbons (Fsp3) is 0.556. The first kappa shape index (κ1) is 16.1. The molecule has 2 amide bonds. The Morgan fingerprint density at radius 3 is 2.65 bits per heavy atom. The minimum atomic E-state index is -0.291. The molecule has 0 aliphatic carbocycles. The summed E-state index contributed by atoms with van der Waals surface area (Å²) in [6.07, 6.45) is 4.24. The summed E-state index contributed by atoms with van der Waals surface area (Å²) in [6, 6.07) is 7.51. The number of aryl methyl sites for hydroxylation is 1. The van der Waals surface area contributed by atoms with Crippen LogP contribution in [0.25, 0.3) is 0 Å². The van der Waals surface area contributed by atoms with Crippen molar-refractivity contribution in [2.24, 2.45) is 0 Å². The SMILES string of the molecule is Cc1ccc(N2C(=O)C[C@H]([NH+]3CCCC[C@@H]3CCO)C2=O)cc1. The lowest BCUT2D eigenvalue weighted by atomic mass is 9.97. The van der Waals surface area contributed by atoms with Crippen LogP contribution >= 0.6 is 0 Å². The molecule has 2 fully saturated rings. The molecule has 1 aromatic rings. The zero-order valence-corrected chi connectivity index (χ0v) is 13.6. The lowest BCUT2D eigenvalue weighted by Gasteiger charge is -2.35. The van der Waals surface area contributed by atoms with Gasteiger partial charge in [-0.25, -0.2) is 4.90 Å². The minimum Gasteiger partial charge on any atom is -0.396 e. The quantitative estimate of drug-likeness (QED) is 0.793. The third-order valence-corrected chi connectivity index (χ3v) is 5.16. The number of anilines is 1. The Hall–Kier alpha value is -1.72. The van der Waals surface area contributed by atoms with E-state index in [1.807, 2.05) is 31.2 Å². The maximum Gasteiger partial charge on any atom is 0.292 e. The number of piperidine rings is 1. The highest BCUT2D eigenvalue weighted by Gasteiger charge is 2.48. The van der Waals surface area contributed by atoms with E-state index in [0.29, 0.717) is 12.1 Å². The number of imide groups is 1. The number of carbonyl (C=O) groups is 2. The highest BCUT2D eigenvalue weighted by Crippen LogP contribution is 2.23. The molecule has 1 aromatic carbocycles. The molecule has 5 heteroatoms. The number of amides is 2. The van der Waals surface area contributed by atoms with Crippen molar-refractivity contribution in [3.63, 3.8) is 0 Å². The van der Waals surface area contributed by atoms with Crippen molar-refractivity contribution in [3.05, 3.63) is 29.8 Å². The average molecular weight is 317 g/mol. The van der Waals surface area contributed by atoms with Gasteiger partial charge < -0.3 is 10.0 Å². The van der Waals surface area contributed by atoms with Gasteiger partial charge in [-0.05, 0) is 38.3 Å². The lowest BCUT2D eigenvalue weighted by molar-refractivity contribution is -0.945. The summed E-state index contributed by atoms with van der Waals surface area (Å²) >= 11 is 0. The Morgan fingerprint density at radius 1 is 1.22 bits per heavy atom. The molecule has 0 bridgehead atoms. The van der Waals surface area contributed by atoms with Crippen LogP contribution in [0.4, 0.5) is 5.69 Å². The molecule has 3 rings (SSSR count). The van der Waals surface area contributed by atoms with Crippen molar-refractivity contribution >= 4 is 17.5 Å². The number of hydrogen-bond donors (Lipinski definition) is 2. The predicted octanol–water partition coefficient (Wildman–Crippen LogP) is 0.447. The summed E-state index contributed by atoms with van der Waals surface area (Å²) in [5.41, 5.74) is 1.78. The molecule has 2 heterocycles. The summed E-state index contributed by atoms with van der Waals surface area (Å²) in [7, 11) is 0. The van der Waals surface area contributed by atoms with Crippen LogP contribution in [0, 0.1) is 6.92 Å². The molecule has 3 atom stereocenters. The van der Waals surface area contributed by atoms with Crippen LogP contribution in [-0.2, 0) is 9.59 Å². The topological polar surface area (TPSA) is 62.1 Å². The summed E-state index contributed by atoms with van der Waals surface area (Å²) in [6.45, 7) is 3.04. The Kier molecular flexibility index (Phi) is 4.78. The predicted molar refractivity (Wildman–Crippen MR) is 87.2 cm³/mol. The first-order chi connectivity index (χ1) is 11.1. The van der Waals surface area contributed by atoms with E-state index >= 15 is 0 Å². The fourth-order valence-electron chi connectivity index (χ4n) is 3.94. The highest BCUT2D eigenvalue weighted by atomic mass is 16.3. The van der Waals surface area contributed by atoms with E-state index in [1.54, 1.807) is 0 Å². The number of aliphatic hydroxyl groups is 1. The Bertz CT molecular complexity index is 582. The molecule has 2 N–H and O–H groups in total. The lowest BCUT2D eigenvalue weighted by Crippen LogP contribution is -3.20. The second-order valence-electron chi connectivity index (χ2n) is 6.69. The van der Waals surface area contributed by atoms with Crippen LogP contribution < -0.4 is 9.80 Å². The van der Waals surface area contributed by atoms with E-state index in [2.05, 4.69) is 0 Å². The maximum atomic E-state index is 12.9. The molecular formula is C18H25N2O3+. The second-order valence-corrected chi connectivity index (χ2v) is 6.69. The summed E-state index contributed by atoms with van der Waals surface area (Å²) in [5, 5.41) is 9.28. The molecule has 0 aromatic heterocycles. The average Bonchev–Trinajstić information content (AvgIpc) is 2.84. The largest absolute Gasteiger partial charge is 0.396 e. The van der Waals surface area contributed by atoms with Crippen LogP contribution in [0.15, 0.2) is 24.3 Å². The van der Waals surface area contributed by atoms with Crippen LogP contribution in [0.3, 0.4) is 0 Å². The van der Waals surface area contributed by atoms with Gasteiger partial charge in [-0.2, -0.15) is 0 Å². The smallest absolute Gasteiger partial charge is 0.292 e. The number of carbonyl (C=O) groups excluding carboxylic acids is 2. The molecule has 0 radical (unpaired) electrons. The number of likely N-dealkylation sites (tertiary alicyclic amines) is 1. The van der Waals surface area contributed by atoms with Gasteiger partial charge in [0.05, 0.1) is 24.7 Å². The summed E-state index contributed by atoms with van der Waals surface area (Å²) in [5.74, 6) is -0.191. The fourth-order valence-corrected chi connectivity index (χ4v) is 3.94. The normalized spacial score (nSPS) is 28.4. The van der Waals surface area contributed by atoms with Gasteiger partial charge >= 0.3 is 0 Å². The van der Waals surface area contributed by atoms with Gasteiger partial charge in [-0.15, -0.1) is 0 Å². The van der Waals surface area contributed by atoms with Crippen molar-refractivity contribution < 1.29 is 19.6 Å². The first-order valence-corrected chi connectivity index (χ1v) is 8.51. The molecule has 23 heavy (non-hydrogen) atoms. The van der Waals surface area contributed by atoms with Gasteiger partial charge in [-0.3, -0.25) is 9.59 Å². The molecule has 5 nitrogen and oxygen atoms in total. The van der Waals surface area contributed by atoms with E-state index in [1.165, 1.54) is 9.80 Å². The number of aliphatic hydroxyl groups excluding tert-OH is 1. The van der Waals surface area contributed by atoms with E-state index < -0.39 is 0 Å². The molecular weight excluding hydrogens is 292 g/mol. The van der Waals surface area contributed by atoms with Crippen molar-refractivity contribution in [1.29, 1.82) is 0 Å². The van der Waals surface area contributed by atoms with Gasteiger partial charge in [0.25, 0.3) is 5.91 Å². The molecule has 2 saturated heterocycles. The number of nitrogens with zero attached hydrogens (tertiary/aromatic N) is 1. The van der Waals surface area contributed by atoms with Crippen LogP contribution in [0.2, 0.25) is 0 Å². The Morgan fingerprint density at radius 2 is 1.96 bits per heavy atom. The monoisotopic (exact) mass is 317 g/mol. The van der Waals surface area contributed by atoms with Crippen molar-refractivity contribution in [2.45, 2.75) is 51.1 Å². The summed E-state index contributed by atoms with van der Waals surface area (Å²) in [4.78, 5) is 27.8. The zero-order chi connectivity index (χ0) is 16.4. The van der Waals surface area contributed by atoms with Gasteiger partial charge in [0, 0.05) is 13.0 Å². The number of quaternary nitrogens is 1. The van der Waals surface area contributed by atoms with Gasteiger partial charge in [0.2, 0.25) is 5.91 Å². The van der Waals surface area contributed by atoms with E-state index in [4.69, 9.17) is 0 Å². The van der Waals surface area contributed by atoms with E-state index in [9.17, 15) is 14.7 Å². The zero-order valence-electron chi connectivity index (χ0n) is 13.6. The number of nitrogens with one attached hydrogen (secondary N) is 1. The molecule has 124 valence electrons. The number of hydrogen-bond acceptors (Lipinski definition) is 3. The van der Waals surface area contributed by atoms with Crippen LogP contribution in [-0.4, -0.2) is 42.2 Å². The molecule has 0 spiro atoms. The Balaban J connectivity index is 1.81. The van der Waals surface area contributed by atoms with Gasteiger partial charge in [0.15, 0.2) is 6.04 Å². The Labute approximate surface area is 136 Å². The number of benzene rings is 1. The standard InChI is InChI=1S/C18H24N2O3/c1-13-5-7-15(8-6-13)20-17(22)12-16(18(20)23)19-10-3-2-4-14(19)9-11-21/h5-8,14,16,21H,2-4,9-12H2,1H3/p+1/t14-,16+/m1/s1. The third kappa shape index (κ3) is 3.16. The van der Waals surface area contributed by atoms with Gasteiger partial charge in [0.1, 0.15) is 0 Å². The highest BCUT2D eigenvalue weighted by molar-refractivity contribution is 6.21. The molecule has 2 aliphatic heterocycles. The van der Waals surface area contributed by atoms with Crippen molar-refractivity contribution in [1.82, 2.24) is 0 Å². The maximum absolute atomic E-state index is 12.9. The van der Waals surface area contributed by atoms with Gasteiger partial charge in [-0.1, -0.05) is 17.7 Å². The van der Waals surface area contributed by atoms with Crippen molar-refractivity contribution in [2.75, 3.05) is 18.1 Å². The molecule has 0 saturated carbocycles. The van der Waals surface area contributed by atoms with Crippen LogP contribution in [0.1, 0.15) is 37.7 Å². The molecule has 1 unspecified atom stereocenters. The second kappa shape index (κ2) is 6.81. The third-order valence-electron chi connectivity index (χ3n) is 5.16. The van der Waals surface area contributed by atoms with E-state index in [0.717, 1.165) is 31.4 Å².